The van der Waals surface area contributed by atoms with Gasteiger partial charge in [-0.05, 0) is 12.1 Å². The molecule has 17 heavy (non-hydrogen) atoms. The second-order valence-electron chi connectivity index (χ2n) is 3.41. The third-order valence-electron chi connectivity index (χ3n) is 2.27. The van der Waals surface area contributed by atoms with Crippen LogP contribution < -0.4 is 0 Å². The maximum Gasteiger partial charge on any atom is 0.135 e. The van der Waals surface area contributed by atoms with Gasteiger partial charge in [-0.15, -0.1) is 0 Å². The monoisotopic (exact) mass is 221 g/mol. The quantitative estimate of drug-likeness (QED) is 0.575. The lowest BCUT2D eigenvalue weighted by atomic mass is 10.2. The van der Waals surface area contributed by atoms with Crippen LogP contribution in [0.1, 0.15) is 5.56 Å². The number of benzene rings is 2. The molecule has 0 fully saturated rings. The molecule has 0 aliphatic carbocycles. The van der Waals surface area contributed by atoms with Crippen molar-refractivity contribution in [1.29, 1.82) is 5.26 Å². The molecule has 0 atom stereocenters. The van der Waals surface area contributed by atoms with Crippen LogP contribution in [0.15, 0.2) is 71.3 Å². The van der Waals surface area contributed by atoms with E-state index in [1.807, 2.05) is 60.7 Å². The highest BCUT2D eigenvalue weighted by Crippen LogP contribution is 2.18. The van der Waals surface area contributed by atoms with Gasteiger partial charge in [0.15, 0.2) is 0 Å². The number of nitrogens with zero attached hydrogens (tertiary/aromatic N) is 1. The van der Waals surface area contributed by atoms with E-state index in [0.29, 0.717) is 5.56 Å². The average molecular weight is 221 g/mol. The van der Waals surface area contributed by atoms with E-state index in [-0.39, 0.29) is 0 Å². The predicted molar refractivity (Wildman–Crippen MR) is 67.4 cm³/mol. The van der Waals surface area contributed by atoms with Crippen molar-refractivity contribution >= 4 is 11.0 Å². The molecule has 0 N–H and O–H groups in total. The molecule has 1 aromatic heterocycles. The molecule has 0 radical (unpaired) electrons. The van der Waals surface area contributed by atoms with Gasteiger partial charge in [0.05, 0.1) is 5.56 Å². The number of hydrogen-bond acceptors (Lipinski definition) is 2. The second kappa shape index (κ2) is 5.53. The lowest BCUT2D eigenvalue weighted by molar-refractivity contribution is 0.614. The molecule has 2 aromatic carbocycles. The van der Waals surface area contributed by atoms with Gasteiger partial charge in [0.1, 0.15) is 17.9 Å². The zero-order valence-corrected chi connectivity index (χ0v) is 9.21. The third-order valence-corrected chi connectivity index (χ3v) is 2.27. The average Bonchev–Trinajstić information content (AvgIpc) is 2.84. The van der Waals surface area contributed by atoms with Gasteiger partial charge in [0.25, 0.3) is 0 Å². The maximum absolute atomic E-state index is 8.61. The van der Waals surface area contributed by atoms with Crippen LogP contribution in [0.4, 0.5) is 0 Å². The minimum atomic E-state index is 0.598. The first kappa shape index (κ1) is 11.0. The summed E-state index contributed by atoms with van der Waals surface area (Å²) in [6.45, 7) is 0. The van der Waals surface area contributed by atoms with Gasteiger partial charge in [0.2, 0.25) is 0 Å². The number of rotatable bonds is 0. The van der Waals surface area contributed by atoms with Gasteiger partial charge in [-0.1, -0.05) is 48.5 Å². The predicted octanol–water partition coefficient (Wildman–Crippen LogP) is 3.99. The number of fused-ring (bicyclic) bond motifs is 1. The van der Waals surface area contributed by atoms with Crippen LogP contribution in [-0.4, -0.2) is 0 Å². The van der Waals surface area contributed by atoms with Gasteiger partial charge >= 0.3 is 0 Å². The first-order valence-corrected chi connectivity index (χ1v) is 5.28. The van der Waals surface area contributed by atoms with E-state index in [4.69, 9.17) is 9.68 Å². The Morgan fingerprint density at radius 1 is 0.824 bits per heavy atom. The third kappa shape index (κ3) is 2.73. The molecule has 0 saturated heterocycles. The van der Waals surface area contributed by atoms with Crippen molar-refractivity contribution in [2.24, 2.45) is 0 Å². The molecule has 0 bridgehead atoms. The Morgan fingerprint density at radius 3 is 2.00 bits per heavy atom. The Morgan fingerprint density at radius 2 is 1.41 bits per heavy atom. The summed E-state index contributed by atoms with van der Waals surface area (Å²) in [7, 11) is 0. The molecule has 0 amide bonds. The first-order valence-electron chi connectivity index (χ1n) is 5.28. The Labute approximate surface area is 99.7 Å². The summed E-state index contributed by atoms with van der Waals surface area (Å²) in [5, 5.41) is 9.50. The summed E-state index contributed by atoms with van der Waals surface area (Å²) in [6, 6.07) is 21.5. The number of nitriles is 1. The molecule has 2 nitrogen and oxygen atoms in total. The van der Waals surface area contributed by atoms with Crippen molar-refractivity contribution in [3.05, 3.63) is 72.5 Å². The fraction of sp³-hybridized carbons (Fsp3) is 0. The largest absolute Gasteiger partial charge is 0.463 e. The van der Waals surface area contributed by atoms with E-state index < -0.39 is 0 Å². The molecule has 3 rings (SSSR count). The van der Waals surface area contributed by atoms with E-state index in [1.165, 1.54) is 6.26 Å². The van der Waals surface area contributed by atoms with Crippen LogP contribution >= 0.6 is 0 Å². The van der Waals surface area contributed by atoms with E-state index >= 15 is 0 Å². The molecule has 0 saturated carbocycles. The summed E-state index contributed by atoms with van der Waals surface area (Å²) in [5.41, 5.74) is 1.37. The second-order valence-corrected chi connectivity index (χ2v) is 3.41. The fourth-order valence-electron chi connectivity index (χ4n) is 1.45. The summed E-state index contributed by atoms with van der Waals surface area (Å²) < 4.78 is 5.12. The SMILES string of the molecule is N#Cc1coc2ccccc12.c1ccccc1. The van der Waals surface area contributed by atoms with Crippen LogP contribution in [0.5, 0.6) is 0 Å². The Balaban J connectivity index is 0.000000153. The number of para-hydroxylation sites is 1. The summed E-state index contributed by atoms with van der Waals surface area (Å²) in [6.07, 6.45) is 1.48. The van der Waals surface area contributed by atoms with E-state index in [9.17, 15) is 0 Å². The van der Waals surface area contributed by atoms with Crippen LogP contribution in [0.2, 0.25) is 0 Å². The molecule has 0 aliphatic heterocycles. The van der Waals surface area contributed by atoms with Gasteiger partial charge < -0.3 is 4.42 Å². The molecule has 0 spiro atoms. The van der Waals surface area contributed by atoms with Gasteiger partial charge in [0, 0.05) is 5.39 Å². The smallest absolute Gasteiger partial charge is 0.135 e. The van der Waals surface area contributed by atoms with Gasteiger partial charge in [-0.25, -0.2) is 0 Å². The lowest BCUT2D eigenvalue weighted by Crippen LogP contribution is -1.66. The van der Waals surface area contributed by atoms with E-state index in [1.54, 1.807) is 0 Å². The zero-order valence-electron chi connectivity index (χ0n) is 9.21. The van der Waals surface area contributed by atoms with Crippen LogP contribution in [-0.2, 0) is 0 Å². The molecule has 82 valence electrons. The van der Waals surface area contributed by atoms with Crippen molar-refractivity contribution in [3.8, 4) is 6.07 Å². The highest BCUT2D eigenvalue weighted by Gasteiger charge is 2.01. The fourth-order valence-corrected chi connectivity index (χ4v) is 1.45. The highest BCUT2D eigenvalue weighted by molar-refractivity contribution is 5.83. The van der Waals surface area contributed by atoms with Gasteiger partial charge in [-0.3, -0.25) is 0 Å². The zero-order chi connectivity index (χ0) is 11.9. The van der Waals surface area contributed by atoms with Crippen molar-refractivity contribution in [2.45, 2.75) is 0 Å². The number of furan rings is 1. The summed E-state index contributed by atoms with van der Waals surface area (Å²) in [5.74, 6) is 0. The van der Waals surface area contributed by atoms with Crippen molar-refractivity contribution in [1.82, 2.24) is 0 Å². The molecule has 0 aliphatic rings. The Bertz CT molecular complexity index is 593. The molecule has 2 heteroatoms. The van der Waals surface area contributed by atoms with Crippen LogP contribution in [0.25, 0.3) is 11.0 Å². The molecular weight excluding hydrogens is 210 g/mol. The van der Waals surface area contributed by atoms with Crippen molar-refractivity contribution < 1.29 is 4.42 Å². The molecular formula is C15H11NO. The lowest BCUT2D eigenvalue weighted by Gasteiger charge is -1.83. The highest BCUT2D eigenvalue weighted by atomic mass is 16.3. The first-order chi connectivity index (χ1) is 8.42. The topological polar surface area (TPSA) is 36.9 Å². The van der Waals surface area contributed by atoms with Gasteiger partial charge in [-0.2, -0.15) is 5.26 Å². The van der Waals surface area contributed by atoms with Crippen molar-refractivity contribution in [2.75, 3.05) is 0 Å². The maximum atomic E-state index is 8.61. The van der Waals surface area contributed by atoms with E-state index in [0.717, 1.165) is 11.0 Å². The standard InChI is InChI=1S/C9H5NO.C6H6/c10-5-7-6-11-9-4-2-1-3-8(7)9;1-2-4-6-5-3-1/h1-4,6H;1-6H. The summed E-state index contributed by atoms with van der Waals surface area (Å²) in [4.78, 5) is 0. The van der Waals surface area contributed by atoms with Crippen LogP contribution in [0, 0.1) is 11.3 Å². The Kier molecular flexibility index (Phi) is 3.57. The van der Waals surface area contributed by atoms with E-state index in [2.05, 4.69) is 6.07 Å². The molecule has 0 unspecified atom stereocenters. The van der Waals surface area contributed by atoms with Crippen LogP contribution in [0.3, 0.4) is 0 Å². The minimum absolute atomic E-state index is 0.598. The normalized spacial score (nSPS) is 9.12. The van der Waals surface area contributed by atoms with Crippen molar-refractivity contribution in [3.63, 3.8) is 0 Å². The Hall–Kier alpha value is -2.53. The summed E-state index contributed by atoms with van der Waals surface area (Å²) >= 11 is 0. The molecule has 3 aromatic rings. The number of hydrogen-bond donors (Lipinski definition) is 0. The molecule has 1 heterocycles. The minimum Gasteiger partial charge on any atom is -0.463 e.